The lowest BCUT2D eigenvalue weighted by molar-refractivity contribution is -0.137. The Morgan fingerprint density at radius 2 is 1.40 bits per heavy atom. The molecule has 0 saturated heterocycles. The van der Waals surface area contributed by atoms with Crippen LogP contribution in [0.1, 0.15) is 39.0 Å². The molecule has 122 valence electrons. The molecule has 0 atom stereocenters. The predicted octanol–water partition coefficient (Wildman–Crippen LogP) is 4.83. The monoisotopic (exact) mass is 328 g/mol. The van der Waals surface area contributed by atoms with Gasteiger partial charge in [0.25, 0.3) is 0 Å². The molecule has 0 aliphatic carbocycles. The fraction of sp³-hybridized carbons (Fsp3) is 0.909. The van der Waals surface area contributed by atoms with E-state index in [4.69, 9.17) is 5.11 Å². The highest BCUT2D eigenvalue weighted by Gasteiger charge is 2.31. The third-order valence-corrected chi connectivity index (χ3v) is 3.20. The van der Waals surface area contributed by atoms with Crippen molar-refractivity contribution < 1.29 is 36.2 Å². The smallest absolute Gasteiger partial charge is 0.392 e. The molecular formula is C11H19F6O2P. The zero-order valence-corrected chi connectivity index (χ0v) is 12.1. The Morgan fingerprint density at radius 1 is 0.950 bits per heavy atom. The number of carbonyl (C=O) groups is 1. The zero-order chi connectivity index (χ0) is 16.2. The molecule has 0 rings (SSSR count). The molecule has 0 amide bonds. The molecule has 0 saturated carbocycles. The van der Waals surface area contributed by atoms with Crippen LogP contribution >= 0.6 is 8.58 Å². The largest absolute Gasteiger partial charge is 0.481 e. The SMILES string of the molecule is CCCCCCC(=O)O.FC(F)(F)CPCC(F)(F)F. The Bertz CT molecular complexity index is 238. The molecule has 1 N–H and O–H groups in total. The summed E-state index contributed by atoms with van der Waals surface area (Å²) in [4.78, 5) is 9.96. The van der Waals surface area contributed by atoms with Gasteiger partial charge in [-0.05, 0) is 6.42 Å². The highest BCUT2D eigenvalue weighted by atomic mass is 31.1. The van der Waals surface area contributed by atoms with Crippen molar-refractivity contribution in [3.8, 4) is 0 Å². The van der Waals surface area contributed by atoms with Crippen LogP contribution in [0.4, 0.5) is 26.3 Å². The summed E-state index contributed by atoms with van der Waals surface area (Å²) in [5, 5.41) is 8.21. The van der Waals surface area contributed by atoms with Crippen LogP contribution in [0.15, 0.2) is 0 Å². The minimum atomic E-state index is -4.47. The number of halogens is 6. The number of carboxylic acids is 1. The summed E-state index contributed by atoms with van der Waals surface area (Å²) < 4.78 is 67.6. The van der Waals surface area contributed by atoms with Gasteiger partial charge in [-0.2, -0.15) is 26.3 Å². The third kappa shape index (κ3) is 26.1. The van der Waals surface area contributed by atoms with Gasteiger partial charge in [0.1, 0.15) is 0 Å². The molecule has 9 heteroatoms. The van der Waals surface area contributed by atoms with Crippen LogP contribution in [0.25, 0.3) is 0 Å². The quantitative estimate of drug-likeness (QED) is 0.413. The number of aliphatic carboxylic acids is 1. The molecule has 0 aromatic carbocycles. The summed E-state index contributed by atoms with van der Waals surface area (Å²) in [6.45, 7) is 2.11. The molecule has 0 aromatic rings. The van der Waals surface area contributed by atoms with Crippen molar-refractivity contribution in [2.45, 2.75) is 51.4 Å². The summed E-state index contributed by atoms with van der Waals surface area (Å²) in [6.07, 6.45) is -7.06. The lowest BCUT2D eigenvalue weighted by Gasteiger charge is -2.07. The summed E-state index contributed by atoms with van der Waals surface area (Å²) in [5.41, 5.74) is 0. The first kappa shape index (κ1) is 21.8. The fourth-order valence-corrected chi connectivity index (χ4v) is 1.74. The first-order valence-corrected chi connectivity index (χ1v) is 7.45. The number of alkyl halides is 6. The van der Waals surface area contributed by atoms with Gasteiger partial charge in [0.05, 0.1) is 12.3 Å². The van der Waals surface area contributed by atoms with Crippen molar-refractivity contribution in [3.05, 3.63) is 0 Å². The number of rotatable bonds is 7. The fourth-order valence-electron chi connectivity index (χ4n) is 1.05. The van der Waals surface area contributed by atoms with Crippen molar-refractivity contribution in [2.24, 2.45) is 0 Å². The third-order valence-electron chi connectivity index (χ3n) is 1.90. The Hall–Kier alpha value is -0.520. The second-order valence-corrected chi connectivity index (χ2v) is 5.25. The Morgan fingerprint density at radius 3 is 1.70 bits per heavy atom. The Kier molecular flexibility index (Phi) is 12.2. The van der Waals surface area contributed by atoms with Gasteiger partial charge >= 0.3 is 18.3 Å². The van der Waals surface area contributed by atoms with E-state index in [2.05, 4.69) is 6.92 Å². The number of unbranched alkanes of at least 4 members (excludes halogenated alkanes) is 3. The molecule has 2 nitrogen and oxygen atoms in total. The van der Waals surface area contributed by atoms with Crippen LogP contribution in [-0.4, -0.2) is 35.8 Å². The first-order chi connectivity index (χ1) is 8.98. The summed E-state index contributed by atoms with van der Waals surface area (Å²) in [7, 11) is -1.11. The average molecular weight is 328 g/mol. The van der Waals surface area contributed by atoms with Crippen LogP contribution < -0.4 is 0 Å². The van der Waals surface area contributed by atoms with Crippen molar-refractivity contribution in [1.82, 2.24) is 0 Å². The maximum Gasteiger partial charge on any atom is 0.392 e. The van der Waals surface area contributed by atoms with Gasteiger partial charge in [-0.1, -0.05) is 26.2 Å². The van der Waals surface area contributed by atoms with E-state index in [0.717, 1.165) is 19.3 Å². The molecular weight excluding hydrogens is 309 g/mol. The maximum absolute atomic E-state index is 11.3. The number of hydrogen-bond donors (Lipinski definition) is 1. The zero-order valence-electron chi connectivity index (χ0n) is 11.1. The number of carboxylic acid groups (broad SMARTS) is 1. The highest BCUT2D eigenvalue weighted by Crippen LogP contribution is 2.30. The van der Waals surface area contributed by atoms with Gasteiger partial charge in [0, 0.05) is 6.42 Å². The second kappa shape index (κ2) is 11.2. The van der Waals surface area contributed by atoms with E-state index in [1.165, 1.54) is 6.42 Å². The molecule has 0 fully saturated rings. The van der Waals surface area contributed by atoms with E-state index in [0.29, 0.717) is 6.42 Å². The molecule has 0 aliphatic heterocycles. The average Bonchev–Trinajstić information content (AvgIpc) is 2.21. The lowest BCUT2D eigenvalue weighted by Crippen LogP contribution is -2.15. The van der Waals surface area contributed by atoms with Crippen molar-refractivity contribution in [1.29, 1.82) is 0 Å². The minimum absolute atomic E-state index is 0.333. The van der Waals surface area contributed by atoms with Crippen LogP contribution in [0.2, 0.25) is 0 Å². The van der Waals surface area contributed by atoms with E-state index in [1.807, 2.05) is 0 Å². The van der Waals surface area contributed by atoms with Gasteiger partial charge in [-0.25, -0.2) is 0 Å². The van der Waals surface area contributed by atoms with E-state index in [-0.39, 0.29) is 0 Å². The van der Waals surface area contributed by atoms with Crippen LogP contribution in [0, 0.1) is 0 Å². The van der Waals surface area contributed by atoms with Gasteiger partial charge < -0.3 is 5.11 Å². The standard InChI is InChI=1S/C7H14O2.C4H5F6P/c1-2-3-4-5-6-7(8)9;5-3(6,7)1-11-2-4(8,9)10/h2-6H2,1H3,(H,8,9);11H,1-2H2. The minimum Gasteiger partial charge on any atom is -0.481 e. The molecule has 0 radical (unpaired) electrons. The predicted molar refractivity (Wildman–Crippen MR) is 66.6 cm³/mol. The normalized spacial score (nSPS) is 11.8. The van der Waals surface area contributed by atoms with E-state index in [1.54, 1.807) is 0 Å². The first-order valence-electron chi connectivity index (χ1n) is 6.04. The van der Waals surface area contributed by atoms with Gasteiger partial charge in [-0.3, -0.25) is 4.79 Å². The van der Waals surface area contributed by atoms with Crippen molar-refractivity contribution in [2.75, 3.05) is 12.3 Å². The van der Waals surface area contributed by atoms with Crippen LogP contribution in [-0.2, 0) is 4.79 Å². The van der Waals surface area contributed by atoms with Crippen LogP contribution in [0.3, 0.4) is 0 Å². The molecule has 0 aromatic heterocycles. The highest BCUT2D eigenvalue weighted by molar-refractivity contribution is 7.38. The van der Waals surface area contributed by atoms with Gasteiger partial charge in [-0.15, -0.1) is 8.58 Å². The van der Waals surface area contributed by atoms with E-state index in [9.17, 15) is 31.1 Å². The van der Waals surface area contributed by atoms with Crippen molar-refractivity contribution >= 4 is 14.6 Å². The summed E-state index contributed by atoms with van der Waals surface area (Å²) in [6, 6.07) is 0. The Labute approximate surface area is 115 Å². The van der Waals surface area contributed by atoms with E-state index >= 15 is 0 Å². The molecule has 0 aliphatic rings. The molecule has 0 heterocycles. The maximum atomic E-state index is 11.3. The summed E-state index contributed by atoms with van der Waals surface area (Å²) >= 11 is 0. The van der Waals surface area contributed by atoms with Gasteiger partial charge in [0.2, 0.25) is 0 Å². The second-order valence-electron chi connectivity index (χ2n) is 4.04. The molecule has 0 spiro atoms. The Balaban J connectivity index is 0. The molecule has 0 unspecified atom stereocenters. The molecule has 0 bridgehead atoms. The van der Waals surface area contributed by atoms with Gasteiger partial charge in [0.15, 0.2) is 0 Å². The van der Waals surface area contributed by atoms with E-state index < -0.39 is 39.2 Å². The molecule has 20 heavy (non-hydrogen) atoms. The topological polar surface area (TPSA) is 37.3 Å². The lowest BCUT2D eigenvalue weighted by atomic mass is 10.2. The van der Waals surface area contributed by atoms with Crippen molar-refractivity contribution in [3.63, 3.8) is 0 Å². The summed E-state index contributed by atoms with van der Waals surface area (Å²) in [5.74, 6) is -0.675. The van der Waals surface area contributed by atoms with Crippen LogP contribution in [0.5, 0.6) is 0 Å². The number of hydrogen-bond acceptors (Lipinski definition) is 1.